The number of rotatable bonds is 2. The highest BCUT2D eigenvalue weighted by atomic mass is 16.1. The lowest BCUT2D eigenvalue weighted by atomic mass is 10.1. The third-order valence-corrected chi connectivity index (χ3v) is 3.01. The topological polar surface area (TPSA) is 57.8 Å². The highest BCUT2D eigenvalue weighted by Crippen LogP contribution is 2.17. The van der Waals surface area contributed by atoms with Gasteiger partial charge in [0, 0.05) is 16.6 Å². The summed E-state index contributed by atoms with van der Waals surface area (Å²) >= 11 is 0. The van der Waals surface area contributed by atoms with Crippen molar-refractivity contribution in [1.29, 1.82) is 0 Å². The molecule has 3 aromatic rings. The Kier molecular flexibility index (Phi) is 2.76. The second-order valence-corrected chi connectivity index (χ2v) is 4.49. The maximum atomic E-state index is 12.1. The first-order valence-corrected chi connectivity index (χ1v) is 6.03. The number of aromatic nitrogens is 2. The van der Waals surface area contributed by atoms with Gasteiger partial charge in [-0.25, -0.2) is 0 Å². The van der Waals surface area contributed by atoms with Gasteiger partial charge >= 0.3 is 0 Å². The molecule has 0 fully saturated rings. The summed E-state index contributed by atoms with van der Waals surface area (Å²) in [6.45, 7) is 1.99. The fourth-order valence-corrected chi connectivity index (χ4v) is 1.92. The Morgan fingerprint density at radius 3 is 2.74 bits per heavy atom. The lowest BCUT2D eigenvalue weighted by Crippen LogP contribution is -2.11. The largest absolute Gasteiger partial charge is 0.322 e. The molecule has 0 aliphatic rings. The first-order chi connectivity index (χ1) is 9.22. The highest BCUT2D eigenvalue weighted by molar-refractivity contribution is 6.05. The molecule has 0 atom stereocenters. The molecule has 2 aromatic carbocycles. The van der Waals surface area contributed by atoms with Gasteiger partial charge in [0.1, 0.15) is 0 Å². The van der Waals surface area contributed by atoms with Crippen molar-refractivity contribution < 1.29 is 4.79 Å². The minimum atomic E-state index is -0.112. The van der Waals surface area contributed by atoms with Crippen molar-refractivity contribution in [2.75, 3.05) is 5.32 Å². The van der Waals surface area contributed by atoms with E-state index in [2.05, 4.69) is 15.5 Å². The van der Waals surface area contributed by atoms with Gasteiger partial charge in [-0.1, -0.05) is 17.7 Å². The highest BCUT2D eigenvalue weighted by Gasteiger charge is 2.06. The molecule has 19 heavy (non-hydrogen) atoms. The van der Waals surface area contributed by atoms with Crippen LogP contribution in [0.5, 0.6) is 0 Å². The summed E-state index contributed by atoms with van der Waals surface area (Å²) in [7, 11) is 0. The maximum absolute atomic E-state index is 12.1. The molecule has 1 heterocycles. The minimum Gasteiger partial charge on any atom is -0.322 e. The quantitative estimate of drug-likeness (QED) is 0.735. The van der Waals surface area contributed by atoms with Crippen molar-refractivity contribution in [3.63, 3.8) is 0 Å². The van der Waals surface area contributed by atoms with Gasteiger partial charge in [-0.05, 0) is 37.3 Å². The molecule has 2 N–H and O–H groups in total. The molecule has 1 amide bonds. The first-order valence-electron chi connectivity index (χ1n) is 6.03. The van der Waals surface area contributed by atoms with Gasteiger partial charge in [-0.3, -0.25) is 9.89 Å². The molecule has 4 nitrogen and oxygen atoms in total. The third kappa shape index (κ3) is 2.33. The van der Waals surface area contributed by atoms with Crippen LogP contribution in [0, 0.1) is 6.92 Å². The number of H-pyrrole nitrogens is 1. The van der Waals surface area contributed by atoms with Crippen molar-refractivity contribution in [2.45, 2.75) is 6.92 Å². The molecule has 3 rings (SSSR count). The van der Waals surface area contributed by atoms with Crippen molar-refractivity contribution in [3.05, 3.63) is 59.8 Å². The van der Waals surface area contributed by atoms with E-state index in [4.69, 9.17) is 0 Å². The van der Waals surface area contributed by atoms with Crippen molar-refractivity contribution >= 4 is 22.5 Å². The van der Waals surface area contributed by atoms with Gasteiger partial charge in [0.15, 0.2) is 0 Å². The summed E-state index contributed by atoms with van der Waals surface area (Å²) < 4.78 is 0. The van der Waals surface area contributed by atoms with Crippen LogP contribution in [-0.4, -0.2) is 16.1 Å². The molecule has 0 spiro atoms. The Morgan fingerprint density at radius 1 is 1.16 bits per heavy atom. The molecule has 0 aliphatic carbocycles. The van der Waals surface area contributed by atoms with Gasteiger partial charge in [-0.15, -0.1) is 0 Å². The Balaban J connectivity index is 1.83. The number of carbonyl (C=O) groups is 1. The number of hydrogen-bond acceptors (Lipinski definition) is 2. The van der Waals surface area contributed by atoms with Crippen LogP contribution >= 0.6 is 0 Å². The molecule has 0 unspecified atom stereocenters. The molecule has 0 saturated heterocycles. The first kappa shape index (κ1) is 11.5. The minimum absolute atomic E-state index is 0.112. The van der Waals surface area contributed by atoms with Gasteiger partial charge in [-0.2, -0.15) is 5.10 Å². The van der Waals surface area contributed by atoms with Crippen molar-refractivity contribution in [1.82, 2.24) is 10.2 Å². The summed E-state index contributed by atoms with van der Waals surface area (Å²) in [6.07, 6.45) is 1.75. The van der Waals surface area contributed by atoms with E-state index in [1.54, 1.807) is 6.20 Å². The van der Waals surface area contributed by atoms with Crippen LogP contribution in [0.3, 0.4) is 0 Å². The van der Waals surface area contributed by atoms with E-state index in [1.165, 1.54) is 0 Å². The van der Waals surface area contributed by atoms with Crippen molar-refractivity contribution in [3.8, 4) is 0 Å². The SMILES string of the molecule is Cc1ccc(C(=O)Nc2ccc3cn[nH]c3c2)cc1. The molecular weight excluding hydrogens is 238 g/mol. The number of aryl methyl sites for hydroxylation is 1. The number of aromatic amines is 1. The zero-order valence-electron chi connectivity index (χ0n) is 10.5. The van der Waals surface area contributed by atoms with Gasteiger partial charge < -0.3 is 5.32 Å². The number of amides is 1. The molecule has 0 aliphatic heterocycles. The molecule has 0 saturated carbocycles. The normalized spacial score (nSPS) is 10.6. The lowest BCUT2D eigenvalue weighted by Gasteiger charge is -2.05. The van der Waals surface area contributed by atoms with E-state index < -0.39 is 0 Å². The van der Waals surface area contributed by atoms with E-state index in [0.29, 0.717) is 5.56 Å². The Bertz CT molecular complexity index is 728. The zero-order valence-corrected chi connectivity index (χ0v) is 10.5. The number of hydrogen-bond donors (Lipinski definition) is 2. The number of anilines is 1. The van der Waals surface area contributed by atoms with Crippen LogP contribution in [-0.2, 0) is 0 Å². The summed E-state index contributed by atoms with van der Waals surface area (Å²) in [5.74, 6) is -0.112. The number of fused-ring (bicyclic) bond motifs is 1. The van der Waals surface area contributed by atoms with E-state index in [1.807, 2.05) is 49.4 Å². The fraction of sp³-hybridized carbons (Fsp3) is 0.0667. The van der Waals surface area contributed by atoms with Gasteiger partial charge in [0.2, 0.25) is 0 Å². The van der Waals surface area contributed by atoms with E-state index >= 15 is 0 Å². The maximum Gasteiger partial charge on any atom is 0.255 e. The van der Waals surface area contributed by atoms with Crippen LogP contribution in [0.1, 0.15) is 15.9 Å². The fourth-order valence-electron chi connectivity index (χ4n) is 1.92. The summed E-state index contributed by atoms with van der Waals surface area (Å²) in [5.41, 5.74) is 3.44. The van der Waals surface area contributed by atoms with E-state index in [-0.39, 0.29) is 5.91 Å². The second-order valence-electron chi connectivity index (χ2n) is 4.49. The predicted octanol–water partition coefficient (Wildman–Crippen LogP) is 3.12. The van der Waals surface area contributed by atoms with Crippen LogP contribution in [0.2, 0.25) is 0 Å². The molecule has 1 aromatic heterocycles. The summed E-state index contributed by atoms with van der Waals surface area (Å²) in [5, 5.41) is 10.7. The standard InChI is InChI=1S/C15H13N3O/c1-10-2-4-11(5-3-10)15(19)17-13-7-6-12-9-16-18-14(12)8-13/h2-9H,1H3,(H,16,18)(H,17,19). The van der Waals surface area contributed by atoms with Crippen LogP contribution < -0.4 is 5.32 Å². The molecule has 94 valence electrons. The summed E-state index contributed by atoms with van der Waals surface area (Å²) in [6, 6.07) is 13.1. The predicted molar refractivity (Wildman–Crippen MR) is 75.2 cm³/mol. The number of carbonyl (C=O) groups excluding carboxylic acids is 1. The van der Waals surface area contributed by atoms with Crippen molar-refractivity contribution in [2.24, 2.45) is 0 Å². The number of nitrogens with one attached hydrogen (secondary N) is 2. The Morgan fingerprint density at radius 2 is 1.95 bits per heavy atom. The molecule has 4 heteroatoms. The average molecular weight is 251 g/mol. The van der Waals surface area contributed by atoms with Gasteiger partial charge in [0.05, 0.1) is 11.7 Å². The Hall–Kier alpha value is -2.62. The van der Waals surface area contributed by atoms with Gasteiger partial charge in [0.25, 0.3) is 5.91 Å². The van der Waals surface area contributed by atoms with E-state index in [9.17, 15) is 4.79 Å². The monoisotopic (exact) mass is 251 g/mol. The van der Waals surface area contributed by atoms with Crippen LogP contribution in [0.15, 0.2) is 48.7 Å². The number of benzene rings is 2. The Labute approximate surface area is 110 Å². The third-order valence-electron chi connectivity index (χ3n) is 3.01. The van der Waals surface area contributed by atoms with Crippen LogP contribution in [0.25, 0.3) is 10.9 Å². The molecular formula is C15H13N3O. The lowest BCUT2D eigenvalue weighted by molar-refractivity contribution is 0.102. The van der Waals surface area contributed by atoms with E-state index in [0.717, 1.165) is 22.2 Å². The molecule has 0 bridgehead atoms. The zero-order chi connectivity index (χ0) is 13.2. The molecule has 0 radical (unpaired) electrons. The second kappa shape index (κ2) is 4.57. The average Bonchev–Trinajstić information content (AvgIpc) is 2.87. The summed E-state index contributed by atoms with van der Waals surface area (Å²) in [4.78, 5) is 12.1. The smallest absolute Gasteiger partial charge is 0.255 e. The van der Waals surface area contributed by atoms with Crippen LogP contribution in [0.4, 0.5) is 5.69 Å². The number of nitrogens with zero attached hydrogens (tertiary/aromatic N) is 1.